The van der Waals surface area contributed by atoms with Crippen LogP contribution in [0, 0.1) is 0 Å². The summed E-state index contributed by atoms with van der Waals surface area (Å²) in [5.74, 6) is 4.39. The van der Waals surface area contributed by atoms with E-state index in [4.69, 9.17) is 18.9 Å². The Kier molecular flexibility index (Phi) is 7.39. The minimum absolute atomic E-state index is 0.253. The molecule has 36 heavy (non-hydrogen) atoms. The minimum atomic E-state index is 0.253. The van der Waals surface area contributed by atoms with Crippen molar-refractivity contribution >= 4 is 17.8 Å². The SMILES string of the molecule is COc1cccc(CNc2nc(NCc3ccc4c(c3)OCO4)nc(NC3CCCCC3)n2)c1OC. The molecule has 10 heteroatoms. The molecule has 190 valence electrons. The van der Waals surface area contributed by atoms with E-state index in [-0.39, 0.29) is 6.79 Å². The normalized spacial score (nSPS) is 14.8. The maximum Gasteiger partial charge on any atom is 0.231 e. The highest BCUT2D eigenvalue weighted by molar-refractivity contribution is 5.50. The second-order valence-corrected chi connectivity index (χ2v) is 8.83. The first-order chi connectivity index (χ1) is 17.7. The Morgan fingerprint density at radius 2 is 1.58 bits per heavy atom. The lowest BCUT2D eigenvalue weighted by Crippen LogP contribution is -2.24. The van der Waals surface area contributed by atoms with Crippen LogP contribution in [0.4, 0.5) is 17.8 Å². The van der Waals surface area contributed by atoms with Gasteiger partial charge in [-0.3, -0.25) is 0 Å². The van der Waals surface area contributed by atoms with Crippen LogP contribution in [0.15, 0.2) is 36.4 Å². The molecular formula is C26H32N6O4. The molecule has 3 N–H and O–H groups in total. The Labute approximate surface area is 210 Å². The third-order valence-corrected chi connectivity index (χ3v) is 6.38. The van der Waals surface area contributed by atoms with Crippen molar-refractivity contribution in [2.24, 2.45) is 0 Å². The van der Waals surface area contributed by atoms with Gasteiger partial charge < -0.3 is 34.9 Å². The number of nitrogens with zero attached hydrogens (tertiary/aromatic N) is 3. The summed E-state index contributed by atoms with van der Waals surface area (Å²) in [6, 6.07) is 12.0. The Morgan fingerprint density at radius 1 is 0.833 bits per heavy atom. The molecule has 1 fully saturated rings. The van der Waals surface area contributed by atoms with E-state index in [0.717, 1.165) is 35.5 Å². The van der Waals surface area contributed by atoms with Gasteiger partial charge >= 0.3 is 0 Å². The standard InChI is InChI=1S/C26H32N6O4/c1-33-21-10-6-7-18(23(21)34-2)15-28-25-30-24(31-26(32-25)29-19-8-4-3-5-9-19)27-14-17-11-12-20-22(13-17)36-16-35-20/h6-7,10-13,19H,3-5,8-9,14-16H2,1-2H3,(H3,27,28,29,30,31,32). The van der Waals surface area contributed by atoms with Gasteiger partial charge in [-0.05, 0) is 36.6 Å². The average molecular weight is 493 g/mol. The van der Waals surface area contributed by atoms with Crippen molar-refractivity contribution in [2.45, 2.75) is 51.2 Å². The molecule has 0 bridgehead atoms. The highest BCUT2D eigenvalue weighted by Gasteiger charge is 2.17. The lowest BCUT2D eigenvalue weighted by atomic mass is 9.96. The quantitative estimate of drug-likeness (QED) is 0.372. The zero-order valence-corrected chi connectivity index (χ0v) is 20.7. The van der Waals surface area contributed by atoms with Gasteiger partial charge in [-0.25, -0.2) is 0 Å². The summed E-state index contributed by atoms with van der Waals surface area (Å²) in [5.41, 5.74) is 1.98. The summed E-state index contributed by atoms with van der Waals surface area (Å²) >= 11 is 0. The topological polar surface area (TPSA) is 112 Å². The van der Waals surface area contributed by atoms with E-state index in [1.54, 1.807) is 14.2 Å². The molecule has 0 unspecified atom stereocenters. The van der Waals surface area contributed by atoms with E-state index in [9.17, 15) is 0 Å². The molecule has 2 aromatic carbocycles. The maximum absolute atomic E-state index is 5.56. The van der Waals surface area contributed by atoms with Crippen LogP contribution >= 0.6 is 0 Å². The molecule has 0 radical (unpaired) electrons. The first-order valence-corrected chi connectivity index (χ1v) is 12.3. The van der Waals surface area contributed by atoms with Crippen LogP contribution in [0.2, 0.25) is 0 Å². The third kappa shape index (κ3) is 5.64. The second-order valence-electron chi connectivity index (χ2n) is 8.83. The molecule has 1 aliphatic heterocycles. The van der Waals surface area contributed by atoms with Gasteiger partial charge in [0.25, 0.3) is 0 Å². The van der Waals surface area contributed by atoms with Crippen LogP contribution in [0.25, 0.3) is 0 Å². The Morgan fingerprint density at radius 3 is 2.36 bits per heavy atom. The zero-order chi connectivity index (χ0) is 24.7. The van der Waals surface area contributed by atoms with Crippen molar-refractivity contribution in [3.05, 3.63) is 47.5 Å². The molecule has 10 nitrogen and oxygen atoms in total. The Hall–Kier alpha value is -3.95. The number of hydrogen-bond acceptors (Lipinski definition) is 10. The first-order valence-electron chi connectivity index (χ1n) is 12.3. The molecular weight excluding hydrogens is 460 g/mol. The Bertz CT molecular complexity index is 1190. The van der Waals surface area contributed by atoms with Crippen molar-refractivity contribution < 1.29 is 18.9 Å². The van der Waals surface area contributed by atoms with E-state index in [1.807, 2.05) is 36.4 Å². The first kappa shape index (κ1) is 23.8. The number of para-hydroxylation sites is 1. The summed E-state index contributed by atoms with van der Waals surface area (Å²) in [5, 5.41) is 10.2. The molecule has 0 spiro atoms. The number of nitrogens with one attached hydrogen (secondary N) is 3. The van der Waals surface area contributed by atoms with Gasteiger partial charge in [0.05, 0.1) is 14.2 Å². The lowest BCUT2D eigenvalue weighted by molar-refractivity contribution is 0.174. The minimum Gasteiger partial charge on any atom is -0.493 e. The smallest absolute Gasteiger partial charge is 0.231 e. The Balaban J connectivity index is 1.33. The molecule has 0 saturated heterocycles. The van der Waals surface area contributed by atoms with Crippen LogP contribution in [-0.2, 0) is 13.1 Å². The number of methoxy groups -OCH3 is 2. The van der Waals surface area contributed by atoms with Gasteiger partial charge in [-0.2, -0.15) is 15.0 Å². The monoisotopic (exact) mass is 492 g/mol. The molecule has 2 heterocycles. The number of anilines is 3. The fourth-order valence-electron chi connectivity index (χ4n) is 4.53. The van der Waals surface area contributed by atoms with Crippen molar-refractivity contribution in [3.8, 4) is 23.0 Å². The number of aromatic nitrogens is 3. The molecule has 3 aromatic rings. The van der Waals surface area contributed by atoms with Crippen LogP contribution in [0.5, 0.6) is 23.0 Å². The number of fused-ring (bicyclic) bond motifs is 1. The third-order valence-electron chi connectivity index (χ3n) is 6.38. The van der Waals surface area contributed by atoms with Crippen molar-refractivity contribution in [1.82, 2.24) is 15.0 Å². The molecule has 5 rings (SSSR count). The number of benzene rings is 2. The predicted molar refractivity (Wildman–Crippen MR) is 137 cm³/mol. The molecule has 1 aliphatic carbocycles. The van der Waals surface area contributed by atoms with Crippen LogP contribution in [-0.4, -0.2) is 42.0 Å². The summed E-state index contributed by atoms with van der Waals surface area (Å²) in [7, 11) is 3.26. The van der Waals surface area contributed by atoms with Crippen molar-refractivity contribution in [2.75, 3.05) is 37.0 Å². The van der Waals surface area contributed by atoms with Gasteiger partial charge in [0.1, 0.15) is 0 Å². The molecule has 0 atom stereocenters. The number of rotatable bonds is 10. The van der Waals surface area contributed by atoms with Crippen LogP contribution in [0.3, 0.4) is 0 Å². The molecule has 1 aromatic heterocycles. The van der Waals surface area contributed by atoms with Gasteiger partial charge in [0.2, 0.25) is 24.6 Å². The fraction of sp³-hybridized carbons (Fsp3) is 0.423. The van der Waals surface area contributed by atoms with Crippen molar-refractivity contribution in [1.29, 1.82) is 0 Å². The predicted octanol–water partition coefficient (Wildman–Crippen LogP) is 4.59. The highest BCUT2D eigenvalue weighted by atomic mass is 16.7. The number of hydrogen-bond donors (Lipinski definition) is 3. The molecule has 1 saturated carbocycles. The average Bonchev–Trinajstić information content (AvgIpc) is 3.39. The van der Waals surface area contributed by atoms with Gasteiger partial charge in [0, 0.05) is 24.7 Å². The van der Waals surface area contributed by atoms with Gasteiger partial charge in [0.15, 0.2) is 23.0 Å². The zero-order valence-electron chi connectivity index (χ0n) is 20.7. The summed E-state index contributed by atoms with van der Waals surface area (Å²) in [4.78, 5) is 13.9. The maximum atomic E-state index is 5.56. The van der Waals surface area contributed by atoms with E-state index in [0.29, 0.717) is 48.5 Å². The van der Waals surface area contributed by atoms with Gasteiger partial charge in [-0.15, -0.1) is 0 Å². The van der Waals surface area contributed by atoms with Crippen molar-refractivity contribution in [3.63, 3.8) is 0 Å². The van der Waals surface area contributed by atoms with E-state index in [1.165, 1.54) is 19.3 Å². The largest absolute Gasteiger partial charge is 0.493 e. The summed E-state index contributed by atoms with van der Waals surface area (Å²) < 4.78 is 21.9. The van der Waals surface area contributed by atoms with Crippen LogP contribution < -0.4 is 34.9 Å². The summed E-state index contributed by atoms with van der Waals surface area (Å²) in [6.07, 6.45) is 5.97. The van der Waals surface area contributed by atoms with E-state index < -0.39 is 0 Å². The van der Waals surface area contributed by atoms with E-state index in [2.05, 4.69) is 30.9 Å². The molecule has 0 amide bonds. The van der Waals surface area contributed by atoms with Gasteiger partial charge in [-0.1, -0.05) is 37.5 Å². The lowest BCUT2D eigenvalue weighted by Gasteiger charge is -2.23. The molecule has 2 aliphatic rings. The highest BCUT2D eigenvalue weighted by Crippen LogP contribution is 2.33. The van der Waals surface area contributed by atoms with E-state index >= 15 is 0 Å². The second kappa shape index (κ2) is 11.2. The fourth-order valence-corrected chi connectivity index (χ4v) is 4.53. The summed E-state index contributed by atoms with van der Waals surface area (Å²) in [6.45, 7) is 1.25. The number of ether oxygens (including phenoxy) is 4. The van der Waals surface area contributed by atoms with Crippen LogP contribution in [0.1, 0.15) is 43.2 Å².